The van der Waals surface area contributed by atoms with Gasteiger partial charge in [-0.3, -0.25) is 0 Å². The Balaban J connectivity index is 1.81. The minimum atomic E-state index is -0.539. The van der Waals surface area contributed by atoms with E-state index in [-0.39, 0.29) is 11.8 Å². The summed E-state index contributed by atoms with van der Waals surface area (Å²) in [6.45, 7) is 5.26. The summed E-state index contributed by atoms with van der Waals surface area (Å²) in [4.78, 5) is 12.6. The van der Waals surface area contributed by atoms with Crippen LogP contribution in [0, 0.1) is 0 Å². The van der Waals surface area contributed by atoms with Crippen LogP contribution in [0.5, 0.6) is 0 Å². The van der Waals surface area contributed by atoms with Crippen molar-refractivity contribution in [3.8, 4) is 0 Å². The second-order valence-corrected chi connectivity index (χ2v) is 10.2. The monoisotopic (exact) mass is 494 g/mol. The van der Waals surface area contributed by atoms with Crippen molar-refractivity contribution in [3.63, 3.8) is 0 Å². The van der Waals surface area contributed by atoms with Crippen LogP contribution >= 0.6 is 0 Å². The summed E-state index contributed by atoms with van der Waals surface area (Å²) < 4.78 is 11.3. The second-order valence-electron chi connectivity index (χ2n) is 10.2. The van der Waals surface area contributed by atoms with Gasteiger partial charge in [0.25, 0.3) is 0 Å². The quantitative estimate of drug-likeness (QED) is 0.136. The Morgan fingerprint density at radius 1 is 0.556 bits per heavy atom. The van der Waals surface area contributed by atoms with E-state index in [2.05, 4.69) is 62.4 Å². The van der Waals surface area contributed by atoms with Gasteiger partial charge in [0.15, 0.2) is 0 Å². The van der Waals surface area contributed by atoms with Crippen molar-refractivity contribution >= 4 is 6.16 Å². The molecular weight excluding hydrogens is 444 g/mol. The van der Waals surface area contributed by atoms with Crippen LogP contribution in [0.4, 0.5) is 4.79 Å². The third-order valence-corrected chi connectivity index (χ3v) is 7.16. The van der Waals surface area contributed by atoms with E-state index in [1.54, 1.807) is 0 Å². The molecule has 200 valence electrons. The van der Waals surface area contributed by atoms with E-state index < -0.39 is 6.16 Å². The van der Waals surface area contributed by atoms with Crippen LogP contribution in [0.1, 0.15) is 127 Å². The highest BCUT2D eigenvalue weighted by atomic mass is 16.7. The van der Waals surface area contributed by atoms with Crippen molar-refractivity contribution in [1.82, 2.24) is 0 Å². The molecule has 0 fully saturated rings. The van der Waals surface area contributed by atoms with Gasteiger partial charge in [0.2, 0.25) is 0 Å². The van der Waals surface area contributed by atoms with Gasteiger partial charge in [-0.05, 0) is 24.0 Å². The first kappa shape index (κ1) is 29.9. The predicted octanol–water partition coefficient (Wildman–Crippen LogP) is 10.2. The van der Waals surface area contributed by atoms with Crippen molar-refractivity contribution in [3.05, 3.63) is 71.8 Å². The Morgan fingerprint density at radius 2 is 0.917 bits per heavy atom. The minimum absolute atomic E-state index is 0.220. The van der Waals surface area contributed by atoms with E-state index in [1.807, 2.05) is 12.1 Å². The Labute approximate surface area is 221 Å². The maximum atomic E-state index is 12.6. The molecule has 2 atom stereocenters. The molecule has 0 aliphatic rings. The fourth-order valence-electron chi connectivity index (χ4n) is 4.86. The zero-order valence-electron chi connectivity index (χ0n) is 23.0. The molecule has 0 N–H and O–H groups in total. The Bertz CT molecular complexity index is 709. The van der Waals surface area contributed by atoms with E-state index >= 15 is 0 Å². The molecule has 3 nitrogen and oxygen atoms in total. The van der Waals surface area contributed by atoms with Crippen LogP contribution < -0.4 is 0 Å². The summed E-state index contributed by atoms with van der Waals surface area (Å²) in [5.41, 5.74) is 2.48. The number of benzene rings is 2. The molecule has 0 saturated heterocycles. The Morgan fingerprint density at radius 3 is 1.31 bits per heavy atom. The molecule has 0 aliphatic heterocycles. The molecule has 2 aromatic rings. The molecule has 0 radical (unpaired) electrons. The topological polar surface area (TPSA) is 35.5 Å². The highest BCUT2D eigenvalue weighted by Crippen LogP contribution is 2.25. The van der Waals surface area contributed by atoms with Gasteiger partial charge >= 0.3 is 6.16 Å². The van der Waals surface area contributed by atoms with Crippen LogP contribution in [0.15, 0.2) is 60.7 Å². The molecular formula is C33H50O3. The van der Waals surface area contributed by atoms with Crippen molar-refractivity contribution in [2.75, 3.05) is 13.2 Å². The van der Waals surface area contributed by atoms with Crippen LogP contribution in [-0.4, -0.2) is 19.4 Å². The summed E-state index contributed by atoms with van der Waals surface area (Å²) in [5.74, 6) is 0.441. The van der Waals surface area contributed by atoms with Gasteiger partial charge in [0.05, 0.1) is 0 Å². The lowest BCUT2D eigenvalue weighted by Crippen LogP contribution is -2.17. The van der Waals surface area contributed by atoms with Crippen molar-refractivity contribution < 1.29 is 14.3 Å². The highest BCUT2D eigenvalue weighted by Gasteiger charge is 2.18. The van der Waals surface area contributed by atoms with Crippen molar-refractivity contribution in [1.29, 1.82) is 0 Å². The van der Waals surface area contributed by atoms with Crippen LogP contribution in [0.25, 0.3) is 0 Å². The minimum Gasteiger partial charge on any atom is -0.434 e. The van der Waals surface area contributed by atoms with Crippen molar-refractivity contribution in [2.45, 2.75) is 116 Å². The highest BCUT2D eigenvalue weighted by molar-refractivity contribution is 5.60. The third-order valence-electron chi connectivity index (χ3n) is 7.16. The molecule has 2 aromatic carbocycles. The smallest absolute Gasteiger partial charge is 0.434 e. The summed E-state index contributed by atoms with van der Waals surface area (Å²) in [7, 11) is 0. The summed E-state index contributed by atoms with van der Waals surface area (Å²) >= 11 is 0. The molecule has 2 unspecified atom stereocenters. The fourth-order valence-corrected chi connectivity index (χ4v) is 4.86. The molecule has 0 heterocycles. The molecule has 0 spiro atoms. The number of hydrogen-bond acceptors (Lipinski definition) is 3. The van der Waals surface area contributed by atoms with Gasteiger partial charge in [-0.25, -0.2) is 4.79 Å². The average molecular weight is 495 g/mol. The van der Waals surface area contributed by atoms with Gasteiger partial charge in [0.1, 0.15) is 13.2 Å². The maximum absolute atomic E-state index is 12.6. The van der Waals surface area contributed by atoms with E-state index in [1.165, 1.54) is 75.3 Å². The molecule has 0 amide bonds. The molecule has 3 heteroatoms. The van der Waals surface area contributed by atoms with Gasteiger partial charge in [-0.2, -0.15) is 0 Å². The average Bonchev–Trinajstić information content (AvgIpc) is 2.92. The molecule has 0 saturated carbocycles. The van der Waals surface area contributed by atoms with E-state index in [4.69, 9.17) is 9.47 Å². The lowest BCUT2D eigenvalue weighted by molar-refractivity contribution is 0.0452. The summed E-state index contributed by atoms with van der Waals surface area (Å²) in [5, 5.41) is 0. The molecule has 0 bridgehead atoms. The zero-order valence-corrected chi connectivity index (χ0v) is 23.0. The number of ether oxygens (including phenoxy) is 2. The van der Waals surface area contributed by atoms with E-state index in [0.717, 1.165) is 25.7 Å². The standard InChI is InChI=1S/C33H50O3/c1-3-5-7-9-11-15-25-31(29-21-17-13-18-22-29)27-35-33(34)36-28-32(30-23-19-14-20-24-30)26-16-12-10-8-6-4-2/h13-14,17-24,31-32H,3-12,15-16,25-28H2,1-2H3. The first-order valence-electron chi connectivity index (χ1n) is 14.6. The number of carbonyl (C=O) groups is 1. The largest absolute Gasteiger partial charge is 0.508 e. The first-order valence-corrected chi connectivity index (χ1v) is 14.6. The number of rotatable bonds is 20. The zero-order chi connectivity index (χ0) is 25.7. The molecule has 36 heavy (non-hydrogen) atoms. The lowest BCUT2D eigenvalue weighted by Gasteiger charge is -2.20. The molecule has 0 aromatic heterocycles. The van der Waals surface area contributed by atoms with Crippen molar-refractivity contribution in [2.24, 2.45) is 0 Å². The SMILES string of the molecule is CCCCCCCCC(COC(=O)OCC(CCCCCCCC)c1ccccc1)c1ccccc1. The number of unbranched alkanes of at least 4 members (excludes halogenated alkanes) is 10. The van der Waals surface area contributed by atoms with Crippen LogP contribution in [0.2, 0.25) is 0 Å². The van der Waals surface area contributed by atoms with Gasteiger partial charge in [-0.1, -0.05) is 152 Å². The summed E-state index contributed by atoms with van der Waals surface area (Å²) in [6.07, 6.45) is 16.7. The Hall–Kier alpha value is -2.29. The number of carbonyl (C=O) groups excluding carboxylic acids is 1. The van der Waals surface area contributed by atoms with E-state index in [0.29, 0.717) is 13.2 Å². The van der Waals surface area contributed by atoms with Gasteiger partial charge in [-0.15, -0.1) is 0 Å². The number of hydrogen-bond donors (Lipinski definition) is 0. The maximum Gasteiger partial charge on any atom is 0.508 e. The fraction of sp³-hybridized carbons (Fsp3) is 0.606. The van der Waals surface area contributed by atoms with Gasteiger partial charge in [0, 0.05) is 11.8 Å². The third kappa shape index (κ3) is 13.1. The summed E-state index contributed by atoms with van der Waals surface area (Å²) in [6, 6.07) is 20.9. The first-order chi connectivity index (χ1) is 17.7. The second kappa shape index (κ2) is 19.8. The predicted molar refractivity (Wildman–Crippen MR) is 152 cm³/mol. The van der Waals surface area contributed by atoms with Gasteiger partial charge < -0.3 is 9.47 Å². The normalized spacial score (nSPS) is 12.7. The Kier molecular flexibility index (Phi) is 16.5. The molecule has 0 aliphatic carbocycles. The lowest BCUT2D eigenvalue weighted by atomic mass is 9.93. The van der Waals surface area contributed by atoms with Crippen LogP contribution in [-0.2, 0) is 9.47 Å². The molecule has 2 rings (SSSR count). The van der Waals surface area contributed by atoms with E-state index in [9.17, 15) is 4.79 Å². The van der Waals surface area contributed by atoms with Crippen LogP contribution in [0.3, 0.4) is 0 Å².